The van der Waals surface area contributed by atoms with Crippen LogP contribution < -0.4 is 0 Å². The lowest BCUT2D eigenvalue weighted by Gasteiger charge is -2.48. The first-order valence-corrected chi connectivity index (χ1v) is 9.58. The Morgan fingerprint density at radius 2 is 1.89 bits per heavy atom. The van der Waals surface area contributed by atoms with Gasteiger partial charge in [0.05, 0.1) is 6.61 Å². The van der Waals surface area contributed by atoms with Gasteiger partial charge in [-0.1, -0.05) is 12.8 Å². The lowest BCUT2D eigenvalue weighted by atomic mass is 9.85. The number of hydrogen-bond donors (Lipinski definition) is 0. The summed E-state index contributed by atoms with van der Waals surface area (Å²) in [6.07, 6.45) is 4.77. The van der Waals surface area contributed by atoms with Gasteiger partial charge in [0.25, 0.3) is 0 Å². The average Bonchev–Trinajstić information content (AvgIpc) is 2.43. The van der Waals surface area contributed by atoms with Crippen LogP contribution in [0.15, 0.2) is 0 Å². The van der Waals surface area contributed by atoms with E-state index in [2.05, 4.69) is 0 Å². The highest BCUT2D eigenvalue weighted by atomic mass is 35.5. The van der Waals surface area contributed by atoms with Gasteiger partial charge in [-0.05, 0) is 25.8 Å². The molecule has 1 saturated heterocycles. The van der Waals surface area contributed by atoms with Gasteiger partial charge in [0.1, 0.15) is 0 Å². The zero-order valence-corrected chi connectivity index (χ0v) is 13.8. The third kappa shape index (κ3) is 3.30. The number of alkyl halides is 2. The molecule has 1 unspecified atom stereocenters. The summed E-state index contributed by atoms with van der Waals surface area (Å²) >= 11 is 11.6. The van der Waals surface area contributed by atoms with Crippen molar-refractivity contribution in [2.45, 2.75) is 31.7 Å². The molecule has 3 atom stereocenters. The lowest BCUT2D eigenvalue weighted by Crippen LogP contribution is -2.48. The van der Waals surface area contributed by atoms with Crippen LogP contribution in [0.5, 0.6) is 0 Å². The second-order valence-electron chi connectivity index (χ2n) is 5.30. The van der Waals surface area contributed by atoms with Crippen molar-refractivity contribution in [3.8, 4) is 0 Å². The van der Waals surface area contributed by atoms with Crippen LogP contribution in [-0.4, -0.2) is 53.9 Å². The summed E-state index contributed by atoms with van der Waals surface area (Å²) in [5.74, 6) is 1.40. The zero-order valence-electron chi connectivity index (χ0n) is 11.4. The van der Waals surface area contributed by atoms with Crippen LogP contribution in [0.1, 0.15) is 25.7 Å². The van der Waals surface area contributed by atoms with Crippen LogP contribution in [0.3, 0.4) is 0 Å². The minimum absolute atomic E-state index is 0.376. The molecule has 19 heavy (non-hydrogen) atoms. The molecular weight excluding hydrogens is 306 g/mol. The number of nitrogens with zero attached hydrogens (tertiary/aromatic N) is 2. The van der Waals surface area contributed by atoms with Gasteiger partial charge in [-0.15, -0.1) is 23.2 Å². The largest absolute Gasteiger partial charge is 0.346 e. The number of hydrogen-bond acceptors (Lipinski definition) is 2. The second kappa shape index (κ2) is 7.11. The monoisotopic (exact) mass is 328 g/mol. The van der Waals surface area contributed by atoms with E-state index in [-0.39, 0.29) is 0 Å². The minimum atomic E-state index is -2.94. The molecule has 7 heteroatoms. The molecule has 2 aliphatic rings. The van der Waals surface area contributed by atoms with Gasteiger partial charge in [0.2, 0.25) is 0 Å². The zero-order chi connectivity index (χ0) is 13.9. The van der Waals surface area contributed by atoms with E-state index in [1.807, 2.05) is 16.4 Å². The lowest BCUT2D eigenvalue weighted by molar-refractivity contribution is 0.0621. The molecule has 112 valence electrons. The fourth-order valence-electron chi connectivity index (χ4n) is 3.19. The van der Waals surface area contributed by atoms with E-state index in [1.165, 1.54) is 19.3 Å². The molecule has 2 rings (SSSR count). The molecule has 0 aromatic heterocycles. The fourth-order valence-corrected chi connectivity index (χ4v) is 6.34. The van der Waals surface area contributed by atoms with Gasteiger partial charge in [-0.25, -0.2) is 9.34 Å². The van der Waals surface area contributed by atoms with Crippen molar-refractivity contribution >= 4 is 30.9 Å². The molecule has 1 aliphatic heterocycles. The third-order valence-electron chi connectivity index (χ3n) is 4.25. The average molecular weight is 329 g/mol. The summed E-state index contributed by atoms with van der Waals surface area (Å²) in [6.45, 7) is 1.70. The van der Waals surface area contributed by atoms with E-state index < -0.39 is 7.67 Å². The van der Waals surface area contributed by atoms with Crippen molar-refractivity contribution < 1.29 is 9.09 Å². The van der Waals surface area contributed by atoms with E-state index in [1.54, 1.807) is 0 Å². The molecule has 0 aromatic carbocycles. The Balaban J connectivity index is 2.14. The van der Waals surface area contributed by atoms with Gasteiger partial charge < -0.3 is 4.52 Å². The number of halogens is 2. The smallest absolute Gasteiger partial charge is 0.306 e. The molecule has 0 radical (unpaired) electrons. The minimum Gasteiger partial charge on any atom is -0.306 e. The van der Waals surface area contributed by atoms with Crippen molar-refractivity contribution in [1.29, 1.82) is 0 Å². The highest BCUT2D eigenvalue weighted by Gasteiger charge is 2.47. The van der Waals surface area contributed by atoms with E-state index in [0.29, 0.717) is 43.4 Å². The van der Waals surface area contributed by atoms with Crippen LogP contribution in [0.25, 0.3) is 0 Å². The molecule has 1 heterocycles. The highest BCUT2D eigenvalue weighted by molar-refractivity contribution is 7.54. The van der Waals surface area contributed by atoms with Crippen LogP contribution in [0, 0.1) is 5.92 Å². The first-order chi connectivity index (χ1) is 9.13. The Hall–Kier alpha value is 0.690. The van der Waals surface area contributed by atoms with Crippen LogP contribution in [-0.2, 0) is 9.09 Å². The van der Waals surface area contributed by atoms with Crippen LogP contribution in [0.2, 0.25) is 0 Å². The summed E-state index contributed by atoms with van der Waals surface area (Å²) in [5, 5.41) is 0. The van der Waals surface area contributed by atoms with Crippen LogP contribution in [0.4, 0.5) is 0 Å². The van der Waals surface area contributed by atoms with Crippen molar-refractivity contribution in [3.05, 3.63) is 0 Å². The SMILES string of the molecule is CN1[C@@H]2CCCC[C@@H]2COP1(=O)N(CCCl)CCCl. The van der Waals surface area contributed by atoms with E-state index in [0.717, 1.165) is 6.42 Å². The Morgan fingerprint density at radius 3 is 2.53 bits per heavy atom. The first kappa shape index (κ1) is 16.1. The molecule has 0 aromatic rings. The Kier molecular flexibility index (Phi) is 6.01. The molecule has 1 saturated carbocycles. The normalized spacial score (nSPS) is 36.4. The molecule has 4 nitrogen and oxygen atoms in total. The van der Waals surface area contributed by atoms with Gasteiger partial charge in [0, 0.05) is 30.9 Å². The molecule has 0 N–H and O–H groups in total. The number of fused-ring (bicyclic) bond motifs is 1. The van der Waals surface area contributed by atoms with Crippen LogP contribution >= 0.6 is 30.9 Å². The van der Waals surface area contributed by atoms with Crippen molar-refractivity contribution in [3.63, 3.8) is 0 Å². The van der Waals surface area contributed by atoms with Crippen molar-refractivity contribution in [1.82, 2.24) is 9.34 Å². The third-order valence-corrected chi connectivity index (χ3v) is 7.28. The maximum absolute atomic E-state index is 13.2. The number of rotatable bonds is 5. The first-order valence-electron chi connectivity index (χ1n) is 6.98. The highest BCUT2D eigenvalue weighted by Crippen LogP contribution is 2.59. The molecule has 1 aliphatic carbocycles. The predicted molar refractivity (Wildman–Crippen MR) is 80.1 cm³/mol. The molecule has 0 bridgehead atoms. The van der Waals surface area contributed by atoms with Crippen molar-refractivity contribution in [2.75, 3.05) is 38.5 Å². The maximum atomic E-state index is 13.2. The second-order valence-corrected chi connectivity index (χ2v) is 8.50. The fraction of sp³-hybridized carbons (Fsp3) is 1.00. The molecule has 0 amide bonds. The topological polar surface area (TPSA) is 32.8 Å². The molecular formula is C12H23Cl2N2O2P. The van der Waals surface area contributed by atoms with Crippen molar-refractivity contribution in [2.24, 2.45) is 5.92 Å². The summed E-state index contributed by atoms with van der Waals surface area (Å²) in [5.41, 5.74) is 0. The summed E-state index contributed by atoms with van der Waals surface area (Å²) < 4.78 is 22.8. The van der Waals surface area contributed by atoms with E-state index in [9.17, 15) is 4.57 Å². The Morgan fingerprint density at radius 1 is 1.26 bits per heavy atom. The van der Waals surface area contributed by atoms with Gasteiger partial charge in [-0.2, -0.15) is 0 Å². The predicted octanol–water partition coefficient (Wildman–Crippen LogP) is 3.39. The van der Waals surface area contributed by atoms with E-state index >= 15 is 0 Å². The molecule has 2 fully saturated rings. The van der Waals surface area contributed by atoms with Gasteiger partial charge >= 0.3 is 7.67 Å². The molecule has 0 spiro atoms. The van der Waals surface area contributed by atoms with Gasteiger partial charge in [0.15, 0.2) is 0 Å². The summed E-state index contributed by atoms with van der Waals surface area (Å²) in [4.78, 5) is 0. The Bertz CT molecular complexity index is 340. The van der Waals surface area contributed by atoms with Gasteiger partial charge in [-0.3, -0.25) is 4.57 Å². The summed E-state index contributed by atoms with van der Waals surface area (Å²) in [7, 11) is -1.01. The Labute approximate surface area is 125 Å². The van der Waals surface area contributed by atoms with E-state index in [4.69, 9.17) is 27.7 Å². The maximum Gasteiger partial charge on any atom is 0.346 e. The standard InChI is InChI=1S/C12H23Cl2N2O2P/c1-15-12-5-3-2-4-11(12)10-18-19(15,17)16(8-6-13)9-7-14/h11-12H,2-10H2,1H3/t11-,12-,19?/m1/s1. The summed E-state index contributed by atoms with van der Waals surface area (Å²) in [6, 6.07) is 0.376. The quantitative estimate of drug-likeness (QED) is 0.572.